The van der Waals surface area contributed by atoms with Crippen molar-refractivity contribution in [1.82, 2.24) is 4.90 Å². The molecular formula is C11H12FN3O2. The summed E-state index contributed by atoms with van der Waals surface area (Å²) in [6, 6.07) is 3.43. The third kappa shape index (κ3) is 2.06. The lowest BCUT2D eigenvalue weighted by Gasteiger charge is -2.13. The van der Waals surface area contributed by atoms with E-state index in [0.29, 0.717) is 5.69 Å². The van der Waals surface area contributed by atoms with E-state index >= 15 is 0 Å². The molecule has 1 heterocycles. The number of imide groups is 1. The van der Waals surface area contributed by atoms with Gasteiger partial charge in [0.05, 0.1) is 12.1 Å². The summed E-state index contributed by atoms with van der Waals surface area (Å²) in [6.07, 6.45) is 0.0408. The molecule has 1 fully saturated rings. The van der Waals surface area contributed by atoms with E-state index in [1.165, 1.54) is 19.2 Å². The smallest absolute Gasteiger partial charge is 0.251 e. The van der Waals surface area contributed by atoms with Crippen molar-refractivity contribution in [1.29, 1.82) is 0 Å². The van der Waals surface area contributed by atoms with Crippen molar-refractivity contribution < 1.29 is 14.0 Å². The van der Waals surface area contributed by atoms with Crippen LogP contribution in [0, 0.1) is 5.82 Å². The van der Waals surface area contributed by atoms with Gasteiger partial charge < -0.3 is 11.1 Å². The lowest BCUT2D eigenvalue weighted by Crippen LogP contribution is -2.32. The highest BCUT2D eigenvalue weighted by molar-refractivity contribution is 6.06. The minimum Gasteiger partial charge on any atom is -0.399 e. The number of amides is 2. The molecule has 90 valence electrons. The molecule has 1 aromatic carbocycles. The van der Waals surface area contributed by atoms with Gasteiger partial charge in [-0.1, -0.05) is 0 Å². The molecule has 1 atom stereocenters. The van der Waals surface area contributed by atoms with E-state index in [1.54, 1.807) is 0 Å². The Bertz CT molecular complexity index is 490. The topological polar surface area (TPSA) is 75.4 Å². The van der Waals surface area contributed by atoms with Crippen molar-refractivity contribution in [3.63, 3.8) is 0 Å². The number of anilines is 2. The fourth-order valence-corrected chi connectivity index (χ4v) is 1.70. The van der Waals surface area contributed by atoms with Crippen LogP contribution in [0.2, 0.25) is 0 Å². The van der Waals surface area contributed by atoms with Gasteiger partial charge in [0, 0.05) is 12.7 Å². The molecule has 5 nitrogen and oxygen atoms in total. The van der Waals surface area contributed by atoms with Crippen LogP contribution < -0.4 is 11.1 Å². The number of likely N-dealkylation sites (tertiary alicyclic amines) is 1. The molecule has 1 unspecified atom stereocenters. The molecule has 6 heteroatoms. The summed E-state index contributed by atoms with van der Waals surface area (Å²) in [6.45, 7) is 0. The molecule has 17 heavy (non-hydrogen) atoms. The maximum atomic E-state index is 13.5. The maximum absolute atomic E-state index is 13.5. The van der Waals surface area contributed by atoms with Crippen LogP contribution >= 0.6 is 0 Å². The van der Waals surface area contributed by atoms with E-state index in [4.69, 9.17) is 5.73 Å². The number of nitrogens with zero attached hydrogens (tertiary/aromatic N) is 1. The first kappa shape index (κ1) is 11.4. The van der Waals surface area contributed by atoms with Crippen molar-refractivity contribution in [2.45, 2.75) is 12.5 Å². The van der Waals surface area contributed by atoms with Crippen LogP contribution in [0.1, 0.15) is 6.42 Å². The number of rotatable bonds is 2. The Hall–Kier alpha value is -2.11. The predicted molar refractivity (Wildman–Crippen MR) is 60.6 cm³/mol. The Morgan fingerprint density at radius 3 is 2.71 bits per heavy atom. The standard InChI is InChI=1S/C11H12FN3O2/c1-15-10(16)5-9(11(15)17)14-8-3-2-6(13)4-7(8)12/h2-4,9,14H,5,13H2,1H3. The Kier molecular flexibility index (Phi) is 2.71. The van der Waals surface area contributed by atoms with Crippen LogP contribution in [0.25, 0.3) is 0 Å². The summed E-state index contributed by atoms with van der Waals surface area (Å²) in [4.78, 5) is 23.9. The van der Waals surface area contributed by atoms with Gasteiger partial charge in [-0.2, -0.15) is 0 Å². The maximum Gasteiger partial charge on any atom is 0.251 e. The number of halogens is 1. The summed E-state index contributed by atoms with van der Waals surface area (Å²) in [5, 5.41) is 2.70. The largest absolute Gasteiger partial charge is 0.399 e. The fraction of sp³-hybridized carbons (Fsp3) is 0.273. The molecule has 1 aliphatic heterocycles. The second-order valence-electron chi connectivity index (χ2n) is 3.93. The second-order valence-corrected chi connectivity index (χ2v) is 3.93. The number of likely N-dealkylation sites (N-methyl/N-ethyl adjacent to an activating group) is 1. The molecule has 0 spiro atoms. The van der Waals surface area contributed by atoms with Crippen LogP contribution in [0.3, 0.4) is 0 Å². The summed E-state index contributed by atoms with van der Waals surface area (Å²) >= 11 is 0. The molecule has 1 saturated heterocycles. The number of benzene rings is 1. The summed E-state index contributed by atoms with van der Waals surface area (Å²) < 4.78 is 13.5. The van der Waals surface area contributed by atoms with Crippen LogP contribution in [-0.4, -0.2) is 29.8 Å². The number of carbonyl (C=O) groups is 2. The molecule has 2 amide bonds. The summed E-state index contributed by atoms with van der Waals surface area (Å²) in [5.74, 6) is -1.17. The lowest BCUT2D eigenvalue weighted by atomic mass is 10.2. The SMILES string of the molecule is CN1C(=O)CC(Nc2ccc(N)cc2F)C1=O. The molecule has 1 aliphatic rings. The average molecular weight is 237 g/mol. The Labute approximate surface area is 97.4 Å². The van der Waals surface area contributed by atoms with Gasteiger partial charge in [-0.15, -0.1) is 0 Å². The summed E-state index contributed by atoms with van der Waals surface area (Å²) in [7, 11) is 1.41. The zero-order valence-electron chi connectivity index (χ0n) is 9.24. The highest BCUT2D eigenvalue weighted by Crippen LogP contribution is 2.21. The number of nitrogens with one attached hydrogen (secondary N) is 1. The summed E-state index contributed by atoms with van der Waals surface area (Å²) in [5.41, 5.74) is 5.88. The highest BCUT2D eigenvalue weighted by Gasteiger charge is 2.36. The molecule has 0 aliphatic carbocycles. The molecule has 0 radical (unpaired) electrons. The first-order valence-corrected chi connectivity index (χ1v) is 5.11. The minimum absolute atomic E-state index is 0.0408. The van der Waals surface area contributed by atoms with E-state index in [0.717, 1.165) is 11.0 Å². The quantitative estimate of drug-likeness (QED) is 0.582. The molecule has 3 N–H and O–H groups in total. The van der Waals surface area contributed by atoms with Gasteiger partial charge in [0.25, 0.3) is 5.91 Å². The number of nitrogen functional groups attached to an aromatic ring is 1. The predicted octanol–water partition coefficient (Wildman–Crippen LogP) is 0.577. The lowest BCUT2D eigenvalue weighted by molar-refractivity contribution is -0.136. The van der Waals surface area contributed by atoms with Crippen LogP contribution in [-0.2, 0) is 9.59 Å². The van der Waals surface area contributed by atoms with Gasteiger partial charge in [-0.25, -0.2) is 4.39 Å². The van der Waals surface area contributed by atoms with Crippen molar-refractivity contribution >= 4 is 23.2 Å². The van der Waals surface area contributed by atoms with E-state index < -0.39 is 11.9 Å². The van der Waals surface area contributed by atoms with E-state index in [-0.39, 0.29) is 23.9 Å². The highest BCUT2D eigenvalue weighted by atomic mass is 19.1. The average Bonchev–Trinajstić information content (AvgIpc) is 2.50. The van der Waals surface area contributed by atoms with E-state index in [2.05, 4.69) is 5.32 Å². The molecule has 0 bridgehead atoms. The Balaban J connectivity index is 2.17. The van der Waals surface area contributed by atoms with Gasteiger partial charge in [0.1, 0.15) is 11.9 Å². The van der Waals surface area contributed by atoms with Gasteiger partial charge in [-0.05, 0) is 18.2 Å². The third-order valence-electron chi connectivity index (χ3n) is 2.70. The normalized spacial score (nSPS) is 19.9. The molecular weight excluding hydrogens is 225 g/mol. The van der Waals surface area contributed by atoms with Crippen molar-refractivity contribution in [3.05, 3.63) is 24.0 Å². The first-order chi connectivity index (χ1) is 7.99. The second kappa shape index (κ2) is 4.04. The minimum atomic E-state index is -0.703. The fourth-order valence-electron chi connectivity index (χ4n) is 1.70. The molecule has 0 aromatic heterocycles. The number of hydrogen-bond donors (Lipinski definition) is 2. The van der Waals surface area contributed by atoms with E-state index in [1.807, 2.05) is 0 Å². The monoisotopic (exact) mass is 237 g/mol. The Morgan fingerprint density at radius 1 is 1.47 bits per heavy atom. The molecule has 1 aromatic rings. The third-order valence-corrected chi connectivity index (χ3v) is 2.70. The zero-order chi connectivity index (χ0) is 12.6. The van der Waals surface area contributed by atoms with Crippen LogP contribution in [0.4, 0.5) is 15.8 Å². The first-order valence-electron chi connectivity index (χ1n) is 5.11. The van der Waals surface area contributed by atoms with Crippen molar-refractivity contribution in [3.8, 4) is 0 Å². The van der Waals surface area contributed by atoms with Crippen LogP contribution in [0.15, 0.2) is 18.2 Å². The molecule has 2 rings (SSSR count). The van der Waals surface area contributed by atoms with Gasteiger partial charge in [0.2, 0.25) is 5.91 Å². The zero-order valence-corrected chi connectivity index (χ0v) is 9.24. The van der Waals surface area contributed by atoms with Gasteiger partial charge in [-0.3, -0.25) is 14.5 Å². The number of carbonyl (C=O) groups excluding carboxylic acids is 2. The molecule has 0 saturated carbocycles. The van der Waals surface area contributed by atoms with Crippen molar-refractivity contribution in [2.24, 2.45) is 0 Å². The van der Waals surface area contributed by atoms with Crippen molar-refractivity contribution in [2.75, 3.05) is 18.1 Å². The van der Waals surface area contributed by atoms with E-state index in [9.17, 15) is 14.0 Å². The number of nitrogens with two attached hydrogens (primary N) is 1. The number of hydrogen-bond acceptors (Lipinski definition) is 4. The van der Waals surface area contributed by atoms with Crippen LogP contribution in [0.5, 0.6) is 0 Å². The van der Waals surface area contributed by atoms with Gasteiger partial charge in [0.15, 0.2) is 0 Å². The van der Waals surface area contributed by atoms with Gasteiger partial charge >= 0.3 is 0 Å². The Morgan fingerprint density at radius 2 is 2.18 bits per heavy atom.